The molecule has 0 bridgehead atoms. The Kier molecular flexibility index (Phi) is 3.65. The summed E-state index contributed by atoms with van der Waals surface area (Å²) in [7, 11) is 0. The zero-order valence-corrected chi connectivity index (χ0v) is 6.36. The minimum atomic E-state index is -0.304. The molecule has 0 saturated heterocycles. The normalized spacial score (nSPS) is 11.0. The molecule has 54 valence electrons. The largest absolute Gasteiger partial charge is 0.353 e. The molecule has 0 aromatic rings. The maximum absolute atomic E-state index is 9.89. The highest BCUT2D eigenvalue weighted by Crippen LogP contribution is 2.07. The van der Waals surface area contributed by atoms with Crippen LogP contribution < -0.4 is 5.32 Å². The first kappa shape index (κ1) is 8.78. The summed E-state index contributed by atoms with van der Waals surface area (Å²) in [4.78, 5) is 9.89. The lowest BCUT2D eigenvalue weighted by atomic mass is 10.1. The fraction of sp³-hybridized carbons (Fsp3) is 0.800. The first-order chi connectivity index (χ1) is 4.12. The fourth-order valence-corrected chi connectivity index (χ4v) is 0.769. The lowest BCUT2D eigenvalue weighted by Gasteiger charge is -2.20. The third kappa shape index (κ3) is 4.29. The van der Waals surface area contributed by atoms with Crippen LogP contribution >= 0.6 is 12.0 Å². The number of carbonyl (C=O) groups is 1. The van der Waals surface area contributed by atoms with Crippen molar-refractivity contribution in [1.82, 2.24) is 5.32 Å². The molecule has 0 aliphatic rings. The van der Waals surface area contributed by atoms with E-state index in [1.54, 1.807) is 0 Å². The molecule has 0 radical (unpaired) electrons. The second-order valence-corrected chi connectivity index (χ2v) is 2.97. The zero-order chi connectivity index (χ0) is 7.33. The molecule has 0 aliphatic carbocycles. The SMILES string of the molecule is CC(C)(CSO)NC=O. The van der Waals surface area contributed by atoms with Crippen LogP contribution in [0, 0.1) is 0 Å². The Bertz CT molecular complexity index is 95.0. The van der Waals surface area contributed by atoms with Crippen LogP contribution in [0.3, 0.4) is 0 Å². The van der Waals surface area contributed by atoms with Gasteiger partial charge in [0.15, 0.2) is 0 Å². The van der Waals surface area contributed by atoms with Gasteiger partial charge >= 0.3 is 0 Å². The molecule has 9 heavy (non-hydrogen) atoms. The van der Waals surface area contributed by atoms with E-state index in [9.17, 15) is 4.79 Å². The summed E-state index contributed by atoms with van der Waals surface area (Å²) in [5.74, 6) is 0.506. The summed E-state index contributed by atoms with van der Waals surface area (Å²) in [6.07, 6.45) is 0.635. The van der Waals surface area contributed by atoms with Crippen LogP contribution in [0.5, 0.6) is 0 Å². The first-order valence-corrected chi connectivity index (χ1v) is 3.54. The van der Waals surface area contributed by atoms with E-state index in [1.165, 1.54) is 0 Å². The van der Waals surface area contributed by atoms with Crippen molar-refractivity contribution in [2.24, 2.45) is 0 Å². The maximum atomic E-state index is 9.89. The lowest BCUT2D eigenvalue weighted by Crippen LogP contribution is -2.40. The van der Waals surface area contributed by atoms with Gasteiger partial charge in [0.25, 0.3) is 0 Å². The third-order valence-corrected chi connectivity index (χ3v) is 1.73. The van der Waals surface area contributed by atoms with E-state index in [1.807, 2.05) is 13.8 Å². The molecular weight excluding hydrogens is 138 g/mol. The van der Waals surface area contributed by atoms with Crippen molar-refractivity contribution in [1.29, 1.82) is 0 Å². The van der Waals surface area contributed by atoms with Gasteiger partial charge in [-0.15, -0.1) is 0 Å². The van der Waals surface area contributed by atoms with Crippen molar-refractivity contribution in [2.75, 3.05) is 5.75 Å². The molecule has 0 aromatic heterocycles. The third-order valence-electron chi connectivity index (χ3n) is 0.875. The average molecular weight is 149 g/mol. The van der Waals surface area contributed by atoms with Crippen LogP contribution in [-0.2, 0) is 4.79 Å². The number of hydrogen-bond acceptors (Lipinski definition) is 3. The Morgan fingerprint density at radius 1 is 1.78 bits per heavy atom. The lowest BCUT2D eigenvalue weighted by molar-refractivity contribution is -0.110. The average Bonchev–Trinajstić information content (AvgIpc) is 1.64. The van der Waals surface area contributed by atoms with Gasteiger partial charge in [-0.3, -0.25) is 4.79 Å². The van der Waals surface area contributed by atoms with Gasteiger partial charge in [0.05, 0.1) is 0 Å². The molecule has 0 atom stereocenters. The molecule has 1 amide bonds. The van der Waals surface area contributed by atoms with Crippen molar-refractivity contribution in [3.63, 3.8) is 0 Å². The van der Waals surface area contributed by atoms with Gasteiger partial charge in [-0.05, 0) is 25.9 Å². The molecule has 3 nitrogen and oxygen atoms in total. The van der Waals surface area contributed by atoms with Crippen LogP contribution in [-0.4, -0.2) is 22.3 Å². The van der Waals surface area contributed by atoms with Crippen molar-refractivity contribution in [3.05, 3.63) is 0 Å². The van der Waals surface area contributed by atoms with Gasteiger partial charge in [-0.1, -0.05) is 0 Å². The smallest absolute Gasteiger partial charge is 0.207 e. The van der Waals surface area contributed by atoms with Crippen LogP contribution in [0.2, 0.25) is 0 Å². The van der Waals surface area contributed by atoms with E-state index in [0.717, 1.165) is 12.0 Å². The number of nitrogens with one attached hydrogen (secondary N) is 1. The van der Waals surface area contributed by atoms with Crippen LogP contribution in [0.4, 0.5) is 0 Å². The van der Waals surface area contributed by atoms with E-state index < -0.39 is 0 Å². The Morgan fingerprint density at radius 3 is 2.67 bits per heavy atom. The van der Waals surface area contributed by atoms with Gasteiger partial charge in [-0.2, -0.15) is 0 Å². The Hall–Kier alpha value is -0.220. The second kappa shape index (κ2) is 3.74. The Morgan fingerprint density at radius 2 is 2.33 bits per heavy atom. The minimum Gasteiger partial charge on any atom is -0.353 e. The second-order valence-electron chi connectivity index (χ2n) is 2.42. The molecule has 0 aromatic carbocycles. The van der Waals surface area contributed by atoms with Gasteiger partial charge in [0.1, 0.15) is 0 Å². The molecule has 0 heterocycles. The molecule has 0 aliphatic heterocycles. The molecule has 0 fully saturated rings. The number of amides is 1. The summed E-state index contributed by atoms with van der Waals surface area (Å²) in [6.45, 7) is 3.68. The van der Waals surface area contributed by atoms with Gasteiger partial charge < -0.3 is 9.87 Å². The van der Waals surface area contributed by atoms with Crippen LogP contribution in [0.1, 0.15) is 13.8 Å². The van der Waals surface area contributed by atoms with Crippen LogP contribution in [0.15, 0.2) is 0 Å². The highest BCUT2D eigenvalue weighted by molar-refractivity contribution is 7.93. The summed E-state index contributed by atoms with van der Waals surface area (Å²) >= 11 is 0.727. The summed E-state index contributed by atoms with van der Waals surface area (Å²) in [6, 6.07) is 0. The quantitative estimate of drug-likeness (QED) is 0.457. The highest BCUT2D eigenvalue weighted by atomic mass is 32.2. The van der Waals surface area contributed by atoms with E-state index in [2.05, 4.69) is 5.32 Å². The minimum absolute atomic E-state index is 0.304. The van der Waals surface area contributed by atoms with Crippen molar-refractivity contribution < 1.29 is 9.35 Å². The number of carbonyl (C=O) groups excluding carboxylic acids is 1. The topological polar surface area (TPSA) is 49.3 Å². The van der Waals surface area contributed by atoms with Gasteiger partial charge in [-0.25, -0.2) is 0 Å². The molecule has 2 N–H and O–H groups in total. The standard InChI is InChI=1S/C5H11NO2S/c1-5(2,3-9-8)6-4-7/h4,8H,3H2,1-2H3,(H,6,7). The van der Waals surface area contributed by atoms with Crippen molar-refractivity contribution in [2.45, 2.75) is 19.4 Å². The van der Waals surface area contributed by atoms with E-state index in [-0.39, 0.29) is 5.54 Å². The fourth-order valence-electron chi connectivity index (χ4n) is 0.363. The number of rotatable bonds is 4. The van der Waals surface area contributed by atoms with E-state index in [4.69, 9.17) is 4.55 Å². The van der Waals surface area contributed by atoms with E-state index in [0.29, 0.717) is 12.2 Å². The number of hydrogen-bond donors (Lipinski definition) is 2. The molecule has 0 saturated carbocycles. The van der Waals surface area contributed by atoms with E-state index >= 15 is 0 Å². The van der Waals surface area contributed by atoms with Crippen molar-refractivity contribution in [3.8, 4) is 0 Å². The van der Waals surface area contributed by atoms with Crippen molar-refractivity contribution >= 4 is 18.5 Å². The Balaban J connectivity index is 3.55. The summed E-state index contributed by atoms with van der Waals surface area (Å²) < 4.78 is 8.39. The maximum Gasteiger partial charge on any atom is 0.207 e. The molecular formula is C5H11NO2S. The molecule has 0 unspecified atom stereocenters. The van der Waals surface area contributed by atoms with Gasteiger partial charge in [0.2, 0.25) is 6.41 Å². The van der Waals surface area contributed by atoms with Gasteiger partial charge in [0, 0.05) is 11.3 Å². The highest BCUT2D eigenvalue weighted by Gasteiger charge is 2.14. The first-order valence-electron chi connectivity index (χ1n) is 2.60. The molecule has 0 rings (SSSR count). The Labute approximate surface area is 59.0 Å². The molecule has 0 spiro atoms. The predicted octanol–water partition coefficient (Wildman–Crippen LogP) is 0.717. The molecule has 4 heteroatoms. The summed E-state index contributed by atoms with van der Waals surface area (Å²) in [5, 5.41) is 2.56. The zero-order valence-electron chi connectivity index (χ0n) is 5.55. The monoisotopic (exact) mass is 149 g/mol. The predicted molar refractivity (Wildman–Crippen MR) is 38.4 cm³/mol. The summed E-state index contributed by atoms with van der Waals surface area (Å²) in [5.41, 5.74) is -0.304. The van der Waals surface area contributed by atoms with Crippen LogP contribution in [0.25, 0.3) is 0 Å².